The van der Waals surface area contributed by atoms with Crippen molar-refractivity contribution in [3.05, 3.63) is 41.8 Å². The van der Waals surface area contributed by atoms with Gasteiger partial charge in [-0.05, 0) is 24.3 Å². The van der Waals surface area contributed by atoms with Crippen LogP contribution in [0.2, 0.25) is 0 Å². The zero-order chi connectivity index (χ0) is 10.7. The average molecular weight is 207 g/mol. The van der Waals surface area contributed by atoms with Crippen LogP contribution in [0.25, 0.3) is 11.3 Å². The summed E-state index contributed by atoms with van der Waals surface area (Å²) in [5.41, 5.74) is 4.49. The zero-order valence-electron chi connectivity index (χ0n) is 7.87. The number of hydrogen-bond acceptors (Lipinski definition) is 3. The van der Waals surface area contributed by atoms with Gasteiger partial charge in [0, 0.05) is 17.7 Å². The lowest BCUT2D eigenvalue weighted by Gasteiger charge is -2.01. The van der Waals surface area contributed by atoms with Crippen molar-refractivity contribution in [2.45, 2.75) is 6.54 Å². The van der Waals surface area contributed by atoms with Crippen LogP contribution in [-0.4, -0.2) is 15.4 Å². The van der Waals surface area contributed by atoms with E-state index in [1.165, 1.54) is 12.1 Å². The quantitative estimate of drug-likeness (QED) is 0.671. The molecular weight excluding hydrogens is 197 g/mol. The summed E-state index contributed by atoms with van der Waals surface area (Å²) in [5.74, 6) is -0.278. The monoisotopic (exact) mass is 207 g/mol. The van der Waals surface area contributed by atoms with Crippen LogP contribution in [0.3, 0.4) is 0 Å². The highest BCUT2D eigenvalue weighted by atomic mass is 19.1. The third-order valence-corrected chi connectivity index (χ3v) is 2.12. The summed E-state index contributed by atoms with van der Waals surface area (Å²) in [4.78, 5) is 0. The lowest BCUT2D eigenvalue weighted by Crippen LogP contribution is -2.06. The lowest BCUT2D eigenvalue weighted by molar-refractivity contribution is 0.161. The number of nitrogens with one attached hydrogen (secondary N) is 2. The van der Waals surface area contributed by atoms with E-state index in [1.54, 1.807) is 18.3 Å². The van der Waals surface area contributed by atoms with E-state index >= 15 is 0 Å². The topological polar surface area (TPSA) is 60.9 Å². The Morgan fingerprint density at radius 2 is 2.07 bits per heavy atom. The Hall–Kier alpha value is -1.72. The van der Waals surface area contributed by atoms with Crippen LogP contribution in [0.4, 0.5) is 4.39 Å². The molecule has 2 rings (SSSR count). The normalized spacial score (nSPS) is 10.5. The van der Waals surface area contributed by atoms with Crippen LogP contribution >= 0.6 is 0 Å². The molecule has 0 radical (unpaired) electrons. The Balaban J connectivity index is 2.36. The van der Waals surface area contributed by atoms with Gasteiger partial charge in [0.2, 0.25) is 0 Å². The van der Waals surface area contributed by atoms with Gasteiger partial charge >= 0.3 is 0 Å². The van der Waals surface area contributed by atoms with Crippen LogP contribution in [0, 0.1) is 5.82 Å². The summed E-state index contributed by atoms with van der Waals surface area (Å²) in [6.07, 6.45) is 1.61. The standard InChI is InChI=1S/C10H10FN3O/c11-9-3-1-7(2-4-9)10-8(6-13-15)5-12-14-10/h1-5,13,15H,6H2,(H,12,14). The van der Waals surface area contributed by atoms with Gasteiger partial charge in [0.15, 0.2) is 0 Å². The second kappa shape index (κ2) is 4.20. The zero-order valence-corrected chi connectivity index (χ0v) is 7.87. The first-order chi connectivity index (χ1) is 7.31. The van der Waals surface area contributed by atoms with Gasteiger partial charge in [-0.1, -0.05) is 0 Å². The molecule has 0 spiro atoms. The predicted octanol–water partition coefficient (Wildman–Crippen LogP) is 1.69. The van der Waals surface area contributed by atoms with Crippen molar-refractivity contribution in [1.82, 2.24) is 15.7 Å². The summed E-state index contributed by atoms with van der Waals surface area (Å²) in [6.45, 7) is 0.295. The minimum Gasteiger partial charge on any atom is -0.316 e. The Morgan fingerprint density at radius 3 is 2.73 bits per heavy atom. The first-order valence-electron chi connectivity index (χ1n) is 4.46. The molecule has 1 heterocycles. The van der Waals surface area contributed by atoms with E-state index < -0.39 is 0 Å². The molecule has 2 aromatic rings. The fraction of sp³-hybridized carbons (Fsp3) is 0.100. The van der Waals surface area contributed by atoms with Gasteiger partial charge in [0.1, 0.15) is 5.82 Å². The molecule has 0 aliphatic carbocycles. The first-order valence-corrected chi connectivity index (χ1v) is 4.46. The van der Waals surface area contributed by atoms with Gasteiger partial charge in [-0.25, -0.2) is 9.87 Å². The molecule has 78 valence electrons. The highest BCUT2D eigenvalue weighted by molar-refractivity contribution is 5.62. The number of hydroxylamine groups is 1. The van der Waals surface area contributed by atoms with E-state index in [2.05, 4.69) is 15.7 Å². The molecule has 0 bridgehead atoms. The molecule has 0 fully saturated rings. The second-order valence-electron chi connectivity index (χ2n) is 3.11. The van der Waals surface area contributed by atoms with E-state index in [9.17, 15) is 4.39 Å². The van der Waals surface area contributed by atoms with Gasteiger partial charge < -0.3 is 5.21 Å². The van der Waals surface area contributed by atoms with Crippen molar-refractivity contribution in [3.63, 3.8) is 0 Å². The van der Waals surface area contributed by atoms with Crippen LogP contribution in [0.5, 0.6) is 0 Å². The number of hydrogen-bond donors (Lipinski definition) is 3. The molecule has 0 saturated carbocycles. The Bertz CT molecular complexity index is 438. The maximum Gasteiger partial charge on any atom is 0.123 e. The number of aromatic amines is 1. The predicted molar refractivity (Wildman–Crippen MR) is 52.6 cm³/mol. The highest BCUT2D eigenvalue weighted by Gasteiger charge is 2.06. The van der Waals surface area contributed by atoms with Gasteiger partial charge in [0.25, 0.3) is 0 Å². The van der Waals surface area contributed by atoms with Crippen LogP contribution in [-0.2, 0) is 6.54 Å². The molecule has 15 heavy (non-hydrogen) atoms. The van der Waals surface area contributed by atoms with Crippen molar-refractivity contribution in [1.29, 1.82) is 0 Å². The van der Waals surface area contributed by atoms with Crippen molar-refractivity contribution < 1.29 is 9.60 Å². The van der Waals surface area contributed by atoms with E-state index in [1.807, 2.05) is 0 Å². The molecule has 1 aromatic carbocycles. The Labute approximate surface area is 85.7 Å². The molecule has 0 aliphatic heterocycles. The van der Waals surface area contributed by atoms with Gasteiger partial charge in [-0.15, -0.1) is 0 Å². The number of aromatic nitrogens is 2. The third-order valence-electron chi connectivity index (χ3n) is 2.12. The number of H-pyrrole nitrogens is 1. The average Bonchev–Trinajstić information content (AvgIpc) is 2.68. The molecule has 1 aromatic heterocycles. The number of halogens is 1. The van der Waals surface area contributed by atoms with E-state index in [-0.39, 0.29) is 5.82 Å². The molecule has 3 N–H and O–H groups in total. The Kier molecular flexibility index (Phi) is 2.75. The van der Waals surface area contributed by atoms with Crippen molar-refractivity contribution in [2.24, 2.45) is 0 Å². The fourth-order valence-electron chi connectivity index (χ4n) is 1.40. The van der Waals surface area contributed by atoms with Gasteiger partial charge in [-0.3, -0.25) is 5.10 Å². The van der Waals surface area contributed by atoms with Crippen LogP contribution in [0.15, 0.2) is 30.5 Å². The number of benzene rings is 1. The largest absolute Gasteiger partial charge is 0.316 e. The number of nitrogens with zero attached hydrogens (tertiary/aromatic N) is 1. The van der Waals surface area contributed by atoms with Gasteiger partial charge in [0.05, 0.1) is 11.9 Å². The minimum absolute atomic E-state index is 0.278. The smallest absolute Gasteiger partial charge is 0.123 e. The number of rotatable bonds is 3. The maximum atomic E-state index is 12.7. The van der Waals surface area contributed by atoms with E-state index in [4.69, 9.17) is 5.21 Å². The van der Waals surface area contributed by atoms with Crippen molar-refractivity contribution >= 4 is 0 Å². The van der Waals surface area contributed by atoms with Crippen LogP contribution < -0.4 is 5.48 Å². The molecule has 0 saturated heterocycles. The fourth-order valence-corrected chi connectivity index (χ4v) is 1.40. The summed E-state index contributed by atoms with van der Waals surface area (Å²) in [7, 11) is 0. The summed E-state index contributed by atoms with van der Waals surface area (Å²) in [5, 5.41) is 15.3. The molecule has 0 aliphatic rings. The summed E-state index contributed by atoms with van der Waals surface area (Å²) < 4.78 is 12.7. The Morgan fingerprint density at radius 1 is 1.33 bits per heavy atom. The molecule has 0 amide bonds. The van der Waals surface area contributed by atoms with E-state index in [0.29, 0.717) is 6.54 Å². The molecule has 5 heteroatoms. The minimum atomic E-state index is -0.278. The molecular formula is C10H10FN3O. The SMILES string of the molecule is ONCc1cn[nH]c1-c1ccc(F)cc1. The first kappa shape index (κ1) is 9.82. The van der Waals surface area contributed by atoms with Crippen molar-refractivity contribution in [2.75, 3.05) is 0 Å². The highest BCUT2D eigenvalue weighted by Crippen LogP contribution is 2.20. The summed E-state index contributed by atoms with van der Waals surface area (Å²) in [6, 6.07) is 6.08. The third kappa shape index (κ3) is 2.03. The molecule has 4 nitrogen and oxygen atoms in total. The summed E-state index contributed by atoms with van der Waals surface area (Å²) >= 11 is 0. The molecule has 0 unspecified atom stereocenters. The van der Waals surface area contributed by atoms with E-state index in [0.717, 1.165) is 16.8 Å². The van der Waals surface area contributed by atoms with Gasteiger partial charge in [-0.2, -0.15) is 5.10 Å². The van der Waals surface area contributed by atoms with Crippen LogP contribution in [0.1, 0.15) is 5.56 Å². The lowest BCUT2D eigenvalue weighted by atomic mass is 10.1. The maximum absolute atomic E-state index is 12.7. The molecule has 0 atom stereocenters. The second-order valence-corrected chi connectivity index (χ2v) is 3.11. The van der Waals surface area contributed by atoms with Crippen molar-refractivity contribution in [3.8, 4) is 11.3 Å².